The molecule has 0 saturated heterocycles. The SMILES string of the molecule is CC(C)CCOc1ccc(C=NNC(=Nc2ccccc2)c2nc3ccccc3s2)cc1. The molecule has 0 amide bonds. The maximum atomic E-state index is 5.78. The third-order valence-electron chi connectivity index (χ3n) is 4.72. The van der Waals surface area contributed by atoms with Crippen LogP contribution in [0.4, 0.5) is 5.69 Å². The topological polar surface area (TPSA) is 58.9 Å². The Labute approximate surface area is 192 Å². The van der Waals surface area contributed by atoms with Gasteiger partial charge in [-0.3, -0.25) is 5.43 Å². The number of nitrogens with one attached hydrogen (secondary N) is 1. The Balaban J connectivity index is 1.49. The zero-order valence-corrected chi connectivity index (χ0v) is 19.0. The van der Waals surface area contributed by atoms with E-state index in [0.717, 1.165) is 45.3 Å². The molecule has 6 heteroatoms. The number of hydrazone groups is 1. The maximum absolute atomic E-state index is 5.78. The molecule has 1 aromatic heterocycles. The standard InChI is InChI=1S/C26H26N4OS/c1-19(2)16-17-31-22-14-12-20(13-15-22)18-27-30-25(28-21-8-4-3-5-9-21)26-29-23-10-6-7-11-24(23)32-26/h3-15,18-19H,16-17H2,1-2H3,(H,28,30). The summed E-state index contributed by atoms with van der Waals surface area (Å²) in [5, 5.41) is 5.21. The minimum Gasteiger partial charge on any atom is -0.494 e. The Bertz CT molecular complexity index is 1160. The predicted octanol–water partition coefficient (Wildman–Crippen LogP) is 6.42. The second kappa shape index (κ2) is 10.7. The normalized spacial score (nSPS) is 12.0. The van der Waals surface area contributed by atoms with Crippen LogP contribution in [0.1, 0.15) is 30.8 Å². The van der Waals surface area contributed by atoms with Crippen molar-refractivity contribution in [3.05, 3.63) is 89.4 Å². The van der Waals surface area contributed by atoms with Gasteiger partial charge >= 0.3 is 0 Å². The molecule has 0 spiro atoms. The summed E-state index contributed by atoms with van der Waals surface area (Å²) in [6, 6.07) is 25.8. The smallest absolute Gasteiger partial charge is 0.183 e. The summed E-state index contributed by atoms with van der Waals surface area (Å²) in [4.78, 5) is 9.46. The van der Waals surface area contributed by atoms with E-state index in [4.69, 9.17) is 14.7 Å². The van der Waals surface area contributed by atoms with Crippen LogP contribution >= 0.6 is 11.3 Å². The van der Waals surface area contributed by atoms with Crippen molar-refractivity contribution in [2.24, 2.45) is 16.0 Å². The molecule has 0 fully saturated rings. The summed E-state index contributed by atoms with van der Waals surface area (Å²) in [6.07, 6.45) is 2.81. The fourth-order valence-corrected chi connectivity index (χ4v) is 3.86. The van der Waals surface area contributed by atoms with Gasteiger partial charge in [-0.15, -0.1) is 11.3 Å². The van der Waals surface area contributed by atoms with Crippen molar-refractivity contribution in [3.8, 4) is 5.75 Å². The highest BCUT2D eigenvalue weighted by Gasteiger charge is 2.10. The number of hydrogen-bond donors (Lipinski definition) is 1. The molecule has 4 aromatic rings. The lowest BCUT2D eigenvalue weighted by molar-refractivity contribution is 0.289. The number of amidine groups is 1. The third-order valence-corrected chi connectivity index (χ3v) is 5.76. The van der Waals surface area contributed by atoms with Gasteiger partial charge in [-0.25, -0.2) is 9.98 Å². The number of aliphatic imine (C=N–C) groups is 1. The highest BCUT2D eigenvalue weighted by Crippen LogP contribution is 2.23. The van der Waals surface area contributed by atoms with Crippen LogP contribution in [0.15, 0.2) is 89.0 Å². The van der Waals surface area contributed by atoms with Gasteiger partial charge < -0.3 is 4.74 Å². The monoisotopic (exact) mass is 442 g/mol. The molecule has 1 heterocycles. The summed E-state index contributed by atoms with van der Waals surface area (Å²) >= 11 is 1.59. The number of thiazole rings is 1. The van der Waals surface area contributed by atoms with E-state index in [9.17, 15) is 0 Å². The van der Waals surface area contributed by atoms with Crippen LogP contribution in [0, 0.1) is 5.92 Å². The van der Waals surface area contributed by atoms with Crippen molar-refractivity contribution in [3.63, 3.8) is 0 Å². The molecule has 0 atom stereocenters. The first-order valence-electron chi connectivity index (χ1n) is 10.7. The van der Waals surface area contributed by atoms with Gasteiger partial charge in [0, 0.05) is 0 Å². The average Bonchev–Trinajstić information content (AvgIpc) is 3.24. The van der Waals surface area contributed by atoms with E-state index < -0.39 is 0 Å². The Morgan fingerprint density at radius 3 is 2.50 bits per heavy atom. The van der Waals surface area contributed by atoms with Crippen LogP contribution in [0.25, 0.3) is 10.2 Å². The number of fused-ring (bicyclic) bond motifs is 1. The van der Waals surface area contributed by atoms with Gasteiger partial charge in [-0.1, -0.05) is 44.2 Å². The molecule has 4 rings (SSSR count). The van der Waals surface area contributed by atoms with Crippen LogP contribution < -0.4 is 10.2 Å². The number of rotatable bonds is 8. The van der Waals surface area contributed by atoms with Gasteiger partial charge in [0.25, 0.3) is 0 Å². The van der Waals surface area contributed by atoms with Gasteiger partial charge in [0.05, 0.1) is 28.7 Å². The molecule has 32 heavy (non-hydrogen) atoms. The van der Waals surface area contributed by atoms with Gasteiger partial charge in [0.15, 0.2) is 10.8 Å². The molecule has 5 nitrogen and oxygen atoms in total. The van der Waals surface area contributed by atoms with Gasteiger partial charge in [0.2, 0.25) is 0 Å². The Morgan fingerprint density at radius 1 is 1.00 bits per heavy atom. The number of benzene rings is 3. The molecule has 0 unspecified atom stereocenters. The molecular formula is C26H26N4OS. The molecular weight excluding hydrogens is 416 g/mol. The van der Waals surface area contributed by atoms with E-state index in [0.29, 0.717) is 11.8 Å². The summed E-state index contributed by atoms with van der Waals surface area (Å²) < 4.78 is 6.89. The fourth-order valence-electron chi connectivity index (χ4n) is 2.96. The van der Waals surface area contributed by atoms with Gasteiger partial charge in [-0.05, 0) is 66.4 Å². The highest BCUT2D eigenvalue weighted by molar-refractivity contribution is 7.20. The first-order valence-corrected chi connectivity index (χ1v) is 11.5. The zero-order valence-electron chi connectivity index (χ0n) is 18.2. The van der Waals surface area contributed by atoms with Gasteiger partial charge in [0.1, 0.15) is 5.75 Å². The number of ether oxygens (including phenoxy) is 1. The molecule has 0 aliphatic carbocycles. The summed E-state index contributed by atoms with van der Waals surface area (Å²) in [6.45, 7) is 5.12. The Hall–Kier alpha value is -3.51. The quantitative estimate of drug-likeness (QED) is 0.194. The minimum atomic E-state index is 0.613. The molecule has 0 saturated carbocycles. The van der Waals surface area contributed by atoms with Crippen LogP contribution in [-0.2, 0) is 0 Å². The van der Waals surface area contributed by atoms with Crippen molar-refractivity contribution in [1.29, 1.82) is 0 Å². The summed E-state index contributed by atoms with van der Waals surface area (Å²) in [5.41, 5.74) is 5.85. The summed E-state index contributed by atoms with van der Waals surface area (Å²) in [7, 11) is 0. The number of para-hydroxylation sites is 2. The minimum absolute atomic E-state index is 0.613. The van der Waals surface area contributed by atoms with E-state index in [-0.39, 0.29) is 0 Å². The molecule has 0 aliphatic heterocycles. The third kappa shape index (κ3) is 6.02. The van der Waals surface area contributed by atoms with Crippen molar-refractivity contribution < 1.29 is 4.74 Å². The molecule has 3 aromatic carbocycles. The fraction of sp³-hybridized carbons (Fsp3) is 0.192. The highest BCUT2D eigenvalue weighted by atomic mass is 32.1. The van der Waals surface area contributed by atoms with Crippen LogP contribution in [0.5, 0.6) is 5.75 Å². The average molecular weight is 443 g/mol. The predicted molar refractivity (Wildman–Crippen MR) is 134 cm³/mol. The van der Waals surface area contributed by atoms with Crippen molar-refractivity contribution in [2.75, 3.05) is 6.61 Å². The second-order valence-corrected chi connectivity index (χ2v) is 8.78. The van der Waals surface area contributed by atoms with Crippen LogP contribution in [0.2, 0.25) is 0 Å². The van der Waals surface area contributed by atoms with E-state index in [1.165, 1.54) is 0 Å². The zero-order chi connectivity index (χ0) is 22.2. The molecule has 1 N–H and O–H groups in total. The van der Waals surface area contributed by atoms with Crippen molar-refractivity contribution in [1.82, 2.24) is 10.4 Å². The van der Waals surface area contributed by atoms with Gasteiger partial charge in [-0.2, -0.15) is 5.10 Å². The molecule has 0 aliphatic rings. The van der Waals surface area contributed by atoms with Crippen LogP contribution in [-0.4, -0.2) is 23.6 Å². The van der Waals surface area contributed by atoms with Crippen molar-refractivity contribution in [2.45, 2.75) is 20.3 Å². The lowest BCUT2D eigenvalue weighted by Gasteiger charge is -2.08. The van der Waals surface area contributed by atoms with E-state index >= 15 is 0 Å². The van der Waals surface area contributed by atoms with Crippen molar-refractivity contribution >= 4 is 39.3 Å². The molecule has 0 bridgehead atoms. The van der Waals surface area contributed by atoms with Crippen LogP contribution in [0.3, 0.4) is 0 Å². The maximum Gasteiger partial charge on any atom is 0.183 e. The number of hydrogen-bond acceptors (Lipinski definition) is 5. The number of aromatic nitrogens is 1. The van der Waals surface area contributed by atoms with E-state index in [1.54, 1.807) is 17.6 Å². The first-order chi connectivity index (χ1) is 15.7. The number of nitrogens with zero attached hydrogens (tertiary/aromatic N) is 3. The van der Waals surface area contributed by atoms with E-state index in [2.05, 4.69) is 30.4 Å². The Kier molecular flexibility index (Phi) is 7.25. The summed E-state index contributed by atoms with van der Waals surface area (Å²) in [5.74, 6) is 2.12. The Morgan fingerprint density at radius 2 is 1.75 bits per heavy atom. The lowest BCUT2D eigenvalue weighted by Crippen LogP contribution is -2.18. The molecule has 162 valence electrons. The first kappa shape index (κ1) is 21.7. The molecule has 0 radical (unpaired) electrons. The van der Waals surface area contributed by atoms with E-state index in [1.807, 2.05) is 72.8 Å². The lowest BCUT2D eigenvalue weighted by atomic mass is 10.1. The largest absolute Gasteiger partial charge is 0.494 e. The second-order valence-electron chi connectivity index (χ2n) is 7.75.